The molecule has 3 fully saturated rings. The van der Waals surface area contributed by atoms with E-state index in [9.17, 15) is 9.90 Å². The molecule has 0 spiro atoms. The Morgan fingerprint density at radius 1 is 1.08 bits per heavy atom. The minimum atomic E-state index is -0.198. The summed E-state index contributed by atoms with van der Waals surface area (Å²) < 4.78 is 5.83. The summed E-state index contributed by atoms with van der Waals surface area (Å²) in [6.45, 7) is 18.5. The molecule has 3 saturated carbocycles. The van der Waals surface area contributed by atoms with E-state index in [-0.39, 0.29) is 29.7 Å². The summed E-state index contributed by atoms with van der Waals surface area (Å²) in [6.07, 6.45) is 17.1. The summed E-state index contributed by atoms with van der Waals surface area (Å²) in [5.41, 5.74) is 2.36. The molecule has 4 aliphatic carbocycles. The third-order valence-electron chi connectivity index (χ3n) is 12.2. The van der Waals surface area contributed by atoms with Gasteiger partial charge in [0.2, 0.25) is 0 Å². The second-order valence-electron chi connectivity index (χ2n) is 14.4. The number of ether oxygens (including phenoxy) is 1. The van der Waals surface area contributed by atoms with Crippen LogP contribution in [0.5, 0.6) is 0 Å². The van der Waals surface area contributed by atoms with E-state index in [1.165, 1.54) is 51.4 Å². The van der Waals surface area contributed by atoms with Crippen molar-refractivity contribution in [3.8, 4) is 0 Å². The maximum absolute atomic E-state index is 12.3. The monoisotopic (exact) mass is 512 g/mol. The van der Waals surface area contributed by atoms with Crippen molar-refractivity contribution < 1.29 is 14.6 Å². The highest BCUT2D eigenvalue weighted by atomic mass is 16.5. The van der Waals surface area contributed by atoms with Crippen LogP contribution in [0.4, 0.5) is 0 Å². The van der Waals surface area contributed by atoms with E-state index < -0.39 is 0 Å². The van der Waals surface area contributed by atoms with Crippen LogP contribution in [0.2, 0.25) is 0 Å². The molecule has 0 unspecified atom stereocenters. The van der Waals surface area contributed by atoms with Gasteiger partial charge in [-0.25, -0.2) is 0 Å². The summed E-state index contributed by atoms with van der Waals surface area (Å²) in [7, 11) is 0. The van der Waals surface area contributed by atoms with Crippen molar-refractivity contribution in [2.45, 2.75) is 131 Å². The molecule has 4 rings (SSSR count). The Kier molecular flexibility index (Phi) is 8.91. The van der Waals surface area contributed by atoms with E-state index in [1.54, 1.807) is 5.57 Å². The van der Waals surface area contributed by atoms with Gasteiger partial charge in [-0.1, -0.05) is 72.6 Å². The lowest BCUT2D eigenvalue weighted by atomic mass is 9.47. The number of esters is 1. The maximum atomic E-state index is 12.3. The van der Waals surface area contributed by atoms with E-state index >= 15 is 0 Å². The average molecular weight is 513 g/mol. The summed E-state index contributed by atoms with van der Waals surface area (Å²) in [4.78, 5) is 12.3. The molecule has 0 heterocycles. The highest BCUT2D eigenvalue weighted by Gasteiger charge is 2.59. The molecule has 9 atom stereocenters. The third kappa shape index (κ3) is 5.72. The van der Waals surface area contributed by atoms with Gasteiger partial charge >= 0.3 is 5.97 Å². The van der Waals surface area contributed by atoms with E-state index in [4.69, 9.17) is 4.74 Å². The number of aliphatic hydroxyl groups excluding tert-OH is 1. The van der Waals surface area contributed by atoms with Crippen LogP contribution in [0, 0.1) is 52.3 Å². The van der Waals surface area contributed by atoms with Gasteiger partial charge in [0.25, 0.3) is 0 Å². The summed E-state index contributed by atoms with van der Waals surface area (Å²) >= 11 is 0. The van der Waals surface area contributed by atoms with Gasteiger partial charge in [0.15, 0.2) is 0 Å². The van der Waals surface area contributed by atoms with Crippen LogP contribution in [0.3, 0.4) is 0 Å². The van der Waals surface area contributed by atoms with Crippen molar-refractivity contribution in [3.05, 3.63) is 24.0 Å². The lowest BCUT2D eigenvalue weighted by Crippen LogP contribution is -2.51. The van der Waals surface area contributed by atoms with Crippen molar-refractivity contribution in [2.24, 2.45) is 52.3 Å². The topological polar surface area (TPSA) is 46.5 Å². The fourth-order valence-corrected chi connectivity index (χ4v) is 9.88. The van der Waals surface area contributed by atoms with Crippen molar-refractivity contribution in [1.29, 1.82) is 0 Å². The normalized spacial score (nSPS) is 38.7. The zero-order valence-corrected chi connectivity index (χ0v) is 24.9. The Hall–Kier alpha value is -1.25. The first kappa shape index (κ1) is 28.8. The van der Waals surface area contributed by atoms with Crippen molar-refractivity contribution >= 4 is 5.97 Å². The molecule has 4 aliphatic rings. The number of fused-ring (bicyclic) bond motifs is 5. The molecule has 3 nitrogen and oxygen atoms in total. The van der Waals surface area contributed by atoms with Gasteiger partial charge in [0, 0.05) is 12.8 Å². The number of aliphatic hydroxyl groups is 1. The Balaban J connectivity index is 1.40. The third-order valence-corrected chi connectivity index (χ3v) is 12.2. The Labute approximate surface area is 227 Å². The molecule has 0 aliphatic heterocycles. The number of rotatable bonds is 10. The van der Waals surface area contributed by atoms with E-state index in [1.807, 2.05) is 0 Å². The molecule has 0 aromatic heterocycles. The smallest absolute Gasteiger partial charge is 0.306 e. The van der Waals surface area contributed by atoms with Crippen LogP contribution in [0.15, 0.2) is 24.0 Å². The van der Waals surface area contributed by atoms with Gasteiger partial charge in [0.1, 0.15) is 6.10 Å². The second kappa shape index (κ2) is 11.5. The van der Waals surface area contributed by atoms with Crippen molar-refractivity contribution in [3.63, 3.8) is 0 Å². The lowest BCUT2D eigenvalue weighted by Gasteiger charge is -2.58. The standard InChI is InChI=1S/C34H56O3/c1-8-25(22(2)3)11-9-23(4)29-14-15-30-28-13-12-26-21-27(37-32(36)16-10-24(5)35)17-19-33(26,6)31(28)18-20-34(29,30)7/h12,22-23,25,27-31,35H,5,8-11,13-21H2,1-4,6-7H3/t23-,25-,27+,28+,29-,30+,31+,33+,34-/m1/s1. The van der Waals surface area contributed by atoms with Gasteiger partial charge in [-0.15, -0.1) is 0 Å². The first-order valence-electron chi connectivity index (χ1n) is 15.7. The van der Waals surface area contributed by atoms with Gasteiger partial charge in [-0.05, 0) is 104 Å². The van der Waals surface area contributed by atoms with E-state index in [0.29, 0.717) is 11.8 Å². The van der Waals surface area contributed by atoms with E-state index in [2.05, 4.69) is 54.2 Å². The van der Waals surface area contributed by atoms with Crippen LogP contribution >= 0.6 is 0 Å². The minimum Gasteiger partial charge on any atom is -0.513 e. The summed E-state index contributed by atoms with van der Waals surface area (Å²) in [5.74, 6) is 5.79. The predicted octanol–water partition coefficient (Wildman–Crippen LogP) is 9.43. The van der Waals surface area contributed by atoms with Gasteiger partial charge < -0.3 is 9.84 Å². The number of carbonyl (C=O) groups excluding carboxylic acids is 1. The largest absolute Gasteiger partial charge is 0.513 e. The molecule has 0 saturated heterocycles. The molecular formula is C34H56O3. The number of carbonyl (C=O) groups is 1. The molecule has 0 radical (unpaired) electrons. The molecule has 1 N–H and O–H groups in total. The first-order chi connectivity index (χ1) is 17.5. The summed E-state index contributed by atoms with van der Waals surface area (Å²) in [5, 5.41) is 9.30. The van der Waals surface area contributed by atoms with Crippen LogP contribution in [0.25, 0.3) is 0 Å². The van der Waals surface area contributed by atoms with Crippen LogP contribution in [-0.2, 0) is 9.53 Å². The molecule has 0 bridgehead atoms. The second-order valence-corrected chi connectivity index (χ2v) is 14.4. The molecule has 0 aromatic carbocycles. The SMILES string of the molecule is C=C(O)CCC(=O)O[C@H]1CC[C@@]2(C)C(=CC[C@H]3[C@@H]4CC[C@H]([C@H](C)CC[C@@H](CC)C(C)C)[C@@]4(C)CC[C@@H]32)C1. The highest BCUT2D eigenvalue weighted by Crippen LogP contribution is 2.67. The Morgan fingerprint density at radius 3 is 2.51 bits per heavy atom. The Morgan fingerprint density at radius 2 is 1.84 bits per heavy atom. The number of allylic oxidation sites excluding steroid dienone is 2. The number of hydrogen-bond donors (Lipinski definition) is 1. The fourth-order valence-electron chi connectivity index (χ4n) is 9.88. The summed E-state index contributed by atoms with van der Waals surface area (Å²) in [6, 6.07) is 0. The molecule has 0 aromatic rings. The Bertz CT molecular complexity index is 857. The van der Waals surface area contributed by atoms with Gasteiger partial charge in [-0.3, -0.25) is 4.79 Å². The molecule has 210 valence electrons. The van der Waals surface area contributed by atoms with Crippen LogP contribution in [-0.4, -0.2) is 17.2 Å². The van der Waals surface area contributed by atoms with Crippen LogP contribution in [0.1, 0.15) is 125 Å². The fraction of sp³-hybridized carbons (Fsp3) is 0.853. The zero-order valence-electron chi connectivity index (χ0n) is 24.9. The zero-order chi connectivity index (χ0) is 27.0. The van der Waals surface area contributed by atoms with Gasteiger partial charge in [-0.2, -0.15) is 0 Å². The highest BCUT2D eigenvalue weighted by molar-refractivity contribution is 5.69. The van der Waals surface area contributed by atoms with Gasteiger partial charge in [0.05, 0.1) is 12.2 Å². The maximum Gasteiger partial charge on any atom is 0.306 e. The predicted molar refractivity (Wildman–Crippen MR) is 153 cm³/mol. The molecule has 0 amide bonds. The lowest BCUT2D eigenvalue weighted by molar-refractivity contribution is -0.151. The minimum absolute atomic E-state index is 0.00122. The van der Waals surface area contributed by atoms with Crippen molar-refractivity contribution in [2.75, 3.05) is 0 Å². The first-order valence-corrected chi connectivity index (χ1v) is 15.7. The molecular weight excluding hydrogens is 456 g/mol. The van der Waals surface area contributed by atoms with Crippen molar-refractivity contribution in [1.82, 2.24) is 0 Å². The molecule has 3 heteroatoms. The molecule has 37 heavy (non-hydrogen) atoms. The number of hydrogen-bond acceptors (Lipinski definition) is 3. The van der Waals surface area contributed by atoms with Crippen LogP contribution < -0.4 is 0 Å². The average Bonchev–Trinajstić information content (AvgIpc) is 3.20. The quantitative estimate of drug-likeness (QED) is 0.180. The van der Waals surface area contributed by atoms with E-state index in [0.717, 1.165) is 60.7 Å².